The fraction of sp³-hybridized carbons (Fsp3) is 0.200. The van der Waals surface area contributed by atoms with Gasteiger partial charge in [0.1, 0.15) is 5.76 Å². The van der Waals surface area contributed by atoms with Crippen molar-refractivity contribution in [2.75, 3.05) is 12.5 Å². The highest BCUT2D eigenvalue weighted by Crippen LogP contribution is 2.14. The zero-order valence-electron chi connectivity index (χ0n) is 9.25. The Hall–Kier alpha value is -1.73. The van der Waals surface area contributed by atoms with Gasteiger partial charge in [-0.1, -0.05) is 0 Å². The molecule has 1 aliphatic heterocycles. The number of sulfonamides is 1. The maximum Gasteiger partial charge on any atom is 0.257 e. The van der Waals surface area contributed by atoms with E-state index in [4.69, 9.17) is 10.5 Å². The van der Waals surface area contributed by atoms with Gasteiger partial charge >= 0.3 is 0 Å². The van der Waals surface area contributed by atoms with Crippen LogP contribution in [0.5, 0.6) is 0 Å². The largest absolute Gasteiger partial charge is 0.475 e. The van der Waals surface area contributed by atoms with E-state index in [1.54, 1.807) is 13.1 Å². The summed E-state index contributed by atoms with van der Waals surface area (Å²) in [7, 11) is -3.59. The minimum atomic E-state index is -3.59. The molecule has 0 radical (unpaired) electrons. The summed E-state index contributed by atoms with van der Waals surface area (Å²) in [6.45, 7) is 1.91. The minimum absolute atomic E-state index is 0.157. The summed E-state index contributed by atoms with van der Waals surface area (Å²) in [5.74, 6) is 0.657. The standard InChI is InChI=1S/C10H13N3O3S/c1-8-6-13(7-16-8)12-17(14,15)10-4-2-9(11)3-5-10/h2-6,12H,7,11H2,1H3. The van der Waals surface area contributed by atoms with Crippen LogP contribution in [0.15, 0.2) is 41.1 Å². The molecule has 1 heterocycles. The number of allylic oxidation sites excluding steroid dienone is 1. The molecule has 1 aliphatic rings. The van der Waals surface area contributed by atoms with Crippen molar-refractivity contribution < 1.29 is 13.2 Å². The average Bonchev–Trinajstić information content (AvgIpc) is 2.63. The molecule has 0 aliphatic carbocycles. The van der Waals surface area contributed by atoms with Gasteiger partial charge in [0.25, 0.3) is 10.0 Å². The molecule has 0 bridgehead atoms. The van der Waals surface area contributed by atoms with Crippen molar-refractivity contribution in [2.45, 2.75) is 11.8 Å². The molecule has 0 amide bonds. The molecule has 0 saturated heterocycles. The second kappa shape index (κ2) is 4.27. The normalized spacial score (nSPS) is 15.6. The van der Waals surface area contributed by atoms with Crippen LogP contribution in [-0.2, 0) is 14.8 Å². The lowest BCUT2D eigenvalue weighted by Crippen LogP contribution is -2.37. The summed E-state index contributed by atoms with van der Waals surface area (Å²) in [6, 6.07) is 5.97. The Morgan fingerprint density at radius 1 is 1.35 bits per heavy atom. The molecule has 0 saturated carbocycles. The lowest BCUT2D eigenvalue weighted by molar-refractivity contribution is 0.140. The lowest BCUT2D eigenvalue weighted by atomic mass is 10.3. The quantitative estimate of drug-likeness (QED) is 0.773. The van der Waals surface area contributed by atoms with Crippen LogP contribution in [0.25, 0.3) is 0 Å². The van der Waals surface area contributed by atoms with Crippen molar-refractivity contribution in [1.29, 1.82) is 0 Å². The van der Waals surface area contributed by atoms with Gasteiger partial charge < -0.3 is 10.5 Å². The Morgan fingerprint density at radius 2 is 2.00 bits per heavy atom. The Bertz CT molecular complexity index is 536. The maximum absolute atomic E-state index is 11.9. The van der Waals surface area contributed by atoms with E-state index in [-0.39, 0.29) is 11.6 Å². The Labute approximate surface area is 99.7 Å². The van der Waals surface area contributed by atoms with E-state index in [1.165, 1.54) is 29.3 Å². The maximum atomic E-state index is 11.9. The Kier molecular flexibility index (Phi) is 2.95. The second-order valence-corrected chi connectivity index (χ2v) is 5.31. The van der Waals surface area contributed by atoms with Gasteiger partial charge in [-0.2, -0.15) is 0 Å². The van der Waals surface area contributed by atoms with E-state index in [1.807, 2.05) is 0 Å². The van der Waals surface area contributed by atoms with E-state index < -0.39 is 10.0 Å². The molecule has 92 valence electrons. The molecule has 2 rings (SSSR count). The first-order chi connectivity index (χ1) is 7.97. The van der Waals surface area contributed by atoms with Gasteiger partial charge in [0.15, 0.2) is 6.73 Å². The van der Waals surface area contributed by atoms with Crippen molar-refractivity contribution in [3.63, 3.8) is 0 Å². The van der Waals surface area contributed by atoms with Crippen LogP contribution >= 0.6 is 0 Å². The molecular weight excluding hydrogens is 242 g/mol. The third-order valence-corrected chi connectivity index (χ3v) is 3.56. The molecule has 0 spiro atoms. The lowest BCUT2D eigenvalue weighted by Gasteiger charge is -2.15. The number of hydrazine groups is 1. The number of nitrogen functional groups attached to an aromatic ring is 1. The van der Waals surface area contributed by atoms with Crippen molar-refractivity contribution in [3.05, 3.63) is 36.2 Å². The summed E-state index contributed by atoms with van der Waals surface area (Å²) in [5, 5.41) is 1.36. The third kappa shape index (κ3) is 2.69. The predicted molar refractivity (Wildman–Crippen MR) is 62.7 cm³/mol. The van der Waals surface area contributed by atoms with Crippen molar-refractivity contribution in [2.24, 2.45) is 0 Å². The van der Waals surface area contributed by atoms with E-state index in [2.05, 4.69) is 4.83 Å². The van der Waals surface area contributed by atoms with Gasteiger partial charge in [-0.05, 0) is 31.2 Å². The molecule has 7 heteroatoms. The molecule has 3 N–H and O–H groups in total. The first-order valence-corrected chi connectivity index (χ1v) is 6.41. The number of rotatable bonds is 3. The summed E-state index contributed by atoms with van der Waals surface area (Å²) in [6.07, 6.45) is 1.58. The molecular formula is C10H13N3O3S. The van der Waals surface area contributed by atoms with Crippen molar-refractivity contribution in [3.8, 4) is 0 Å². The molecule has 0 atom stereocenters. The van der Waals surface area contributed by atoms with Crippen LogP contribution in [0.4, 0.5) is 5.69 Å². The second-order valence-electron chi connectivity index (χ2n) is 3.65. The van der Waals surface area contributed by atoms with E-state index in [9.17, 15) is 8.42 Å². The van der Waals surface area contributed by atoms with Gasteiger partial charge in [0.2, 0.25) is 0 Å². The zero-order chi connectivity index (χ0) is 12.5. The summed E-state index contributed by atoms with van der Waals surface area (Å²) in [4.78, 5) is 2.54. The fourth-order valence-corrected chi connectivity index (χ4v) is 2.39. The SMILES string of the molecule is CC1=CN(NS(=O)(=O)c2ccc(N)cc2)CO1. The van der Waals surface area contributed by atoms with Gasteiger partial charge in [0, 0.05) is 5.69 Å². The summed E-state index contributed by atoms with van der Waals surface area (Å²) >= 11 is 0. The zero-order valence-corrected chi connectivity index (χ0v) is 10.1. The predicted octanol–water partition coefficient (Wildman–Crippen LogP) is 0.613. The molecule has 17 heavy (non-hydrogen) atoms. The number of ether oxygens (including phenoxy) is 1. The van der Waals surface area contributed by atoms with Crippen LogP contribution < -0.4 is 10.6 Å². The molecule has 0 unspecified atom stereocenters. The number of hydrogen-bond donors (Lipinski definition) is 2. The van der Waals surface area contributed by atoms with Gasteiger partial charge in [-0.15, -0.1) is 4.83 Å². The van der Waals surface area contributed by atoms with Gasteiger partial charge in [-0.3, -0.25) is 5.01 Å². The van der Waals surface area contributed by atoms with Crippen LogP contribution in [0.1, 0.15) is 6.92 Å². The van der Waals surface area contributed by atoms with Crippen LogP contribution in [-0.4, -0.2) is 20.2 Å². The molecule has 1 aromatic carbocycles. The highest BCUT2D eigenvalue weighted by molar-refractivity contribution is 7.89. The highest BCUT2D eigenvalue weighted by atomic mass is 32.2. The van der Waals surface area contributed by atoms with Gasteiger partial charge in [0.05, 0.1) is 11.1 Å². The number of nitrogens with zero attached hydrogens (tertiary/aromatic N) is 1. The summed E-state index contributed by atoms with van der Waals surface area (Å²) in [5.41, 5.74) is 6.01. The van der Waals surface area contributed by atoms with Crippen LogP contribution in [0, 0.1) is 0 Å². The topological polar surface area (TPSA) is 84.7 Å². The molecule has 0 aromatic heterocycles. The first-order valence-electron chi connectivity index (χ1n) is 4.93. The Morgan fingerprint density at radius 3 is 2.53 bits per heavy atom. The van der Waals surface area contributed by atoms with E-state index in [0.717, 1.165) is 0 Å². The average molecular weight is 255 g/mol. The Balaban J connectivity index is 2.17. The monoisotopic (exact) mass is 255 g/mol. The number of hydrogen-bond acceptors (Lipinski definition) is 5. The highest BCUT2D eigenvalue weighted by Gasteiger charge is 2.19. The molecule has 1 aromatic rings. The molecule has 6 nitrogen and oxygen atoms in total. The van der Waals surface area contributed by atoms with Crippen molar-refractivity contribution in [1.82, 2.24) is 9.84 Å². The third-order valence-electron chi connectivity index (χ3n) is 2.20. The number of nitrogens with two attached hydrogens (primary N) is 1. The number of anilines is 1. The van der Waals surface area contributed by atoms with Crippen LogP contribution in [0.2, 0.25) is 0 Å². The van der Waals surface area contributed by atoms with Gasteiger partial charge in [-0.25, -0.2) is 8.42 Å². The van der Waals surface area contributed by atoms with E-state index in [0.29, 0.717) is 11.4 Å². The minimum Gasteiger partial charge on any atom is -0.475 e. The summed E-state index contributed by atoms with van der Waals surface area (Å²) < 4.78 is 29.0. The first kappa shape index (κ1) is 11.7. The smallest absolute Gasteiger partial charge is 0.257 e. The number of benzene rings is 1. The molecule has 0 fully saturated rings. The number of nitrogens with one attached hydrogen (secondary N) is 1. The van der Waals surface area contributed by atoms with Crippen molar-refractivity contribution >= 4 is 15.7 Å². The van der Waals surface area contributed by atoms with Crippen LogP contribution in [0.3, 0.4) is 0 Å². The van der Waals surface area contributed by atoms with E-state index >= 15 is 0 Å². The fourth-order valence-electron chi connectivity index (χ4n) is 1.37.